The fourth-order valence-corrected chi connectivity index (χ4v) is 2.19. The highest BCUT2D eigenvalue weighted by molar-refractivity contribution is 7.89. The predicted octanol–water partition coefficient (Wildman–Crippen LogP) is 0.680. The van der Waals surface area contributed by atoms with Gasteiger partial charge in [-0.1, -0.05) is 0 Å². The highest BCUT2D eigenvalue weighted by Gasteiger charge is 2.17. The third kappa shape index (κ3) is 3.41. The van der Waals surface area contributed by atoms with Crippen molar-refractivity contribution in [3.8, 4) is 0 Å². The van der Waals surface area contributed by atoms with Gasteiger partial charge in [0.2, 0.25) is 10.0 Å². The molecular weight excluding hydrogens is 259 g/mol. The number of aliphatic hydroxyl groups excluding tert-OH is 1. The molecule has 0 atom stereocenters. The maximum Gasteiger partial charge on any atom is 0.238 e. The largest absolute Gasteiger partial charge is 0.395 e. The summed E-state index contributed by atoms with van der Waals surface area (Å²) in [6.07, 6.45) is 0. The maximum absolute atomic E-state index is 13.9. The fraction of sp³-hybridized carbons (Fsp3) is 0.455. The van der Waals surface area contributed by atoms with Gasteiger partial charge in [0.05, 0.1) is 17.2 Å². The molecule has 0 fully saturated rings. The molecular formula is C11H17FN2O3S. The number of rotatable bonds is 5. The Morgan fingerprint density at radius 3 is 2.44 bits per heavy atom. The number of nitrogens with two attached hydrogens (primary N) is 1. The third-order valence-electron chi connectivity index (χ3n) is 2.52. The first kappa shape index (κ1) is 14.9. The average Bonchev–Trinajstić information content (AvgIpc) is 2.24. The molecule has 0 heterocycles. The lowest BCUT2D eigenvalue weighted by Gasteiger charge is -2.28. The second-order valence-corrected chi connectivity index (χ2v) is 5.73. The molecule has 0 radical (unpaired) electrons. The summed E-state index contributed by atoms with van der Waals surface area (Å²) >= 11 is 0. The van der Waals surface area contributed by atoms with E-state index in [1.54, 1.807) is 4.90 Å². The van der Waals surface area contributed by atoms with E-state index in [2.05, 4.69) is 0 Å². The lowest BCUT2D eigenvalue weighted by molar-refractivity contribution is 0.298. The molecule has 102 valence electrons. The van der Waals surface area contributed by atoms with Crippen LogP contribution in [0.2, 0.25) is 0 Å². The Balaban J connectivity index is 3.19. The van der Waals surface area contributed by atoms with Crippen LogP contribution in [0.3, 0.4) is 0 Å². The number of primary sulfonamides is 1. The molecule has 1 aromatic rings. The molecule has 0 spiro atoms. The van der Waals surface area contributed by atoms with Gasteiger partial charge in [-0.2, -0.15) is 0 Å². The van der Waals surface area contributed by atoms with E-state index in [4.69, 9.17) is 10.2 Å². The Morgan fingerprint density at radius 1 is 1.44 bits per heavy atom. The van der Waals surface area contributed by atoms with E-state index in [0.29, 0.717) is 0 Å². The standard InChI is InChI=1S/C11H17FN2O3S/c1-8(2)14(5-6-15)11-4-3-9(7-10(11)12)18(13,16)17/h3-4,7-8,15H,5-6H2,1-2H3,(H2,13,16,17). The van der Waals surface area contributed by atoms with E-state index < -0.39 is 15.8 Å². The zero-order valence-corrected chi connectivity index (χ0v) is 11.1. The number of hydrogen-bond acceptors (Lipinski definition) is 4. The number of sulfonamides is 1. The van der Waals surface area contributed by atoms with E-state index in [1.807, 2.05) is 13.8 Å². The summed E-state index contributed by atoms with van der Waals surface area (Å²) < 4.78 is 36.0. The predicted molar refractivity (Wildman–Crippen MR) is 67.3 cm³/mol. The van der Waals surface area contributed by atoms with Crippen LogP contribution >= 0.6 is 0 Å². The Labute approximate surface area is 106 Å². The lowest BCUT2D eigenvalue weighted by Crippen LogP contribution is -2.34. The number of halogens is 1. The van der Waals surface area contributed by atoms with E-state index in [0.717, 1.165) is 6.07 Å². The highest BCUT2D eigenvalue weighted by Crippen LogP contribution is 2.23. The van der Waals surface area contributed by atoms with Crippen molar-refractivity contribution in [2.75, 3.05) is 18.1 Å². The minimum absolute atomic E-state index is 0.0213. The SMILES string of the molecule is CC(C)N(CCO)c1ccc(S(N)(=O)=O)cc1F. The van der Waals surface area contributed by atoms with Crippen molar-refractivity contribution < 1.29 is 17.9 Å². The molecule has 0 aliphatic heterocycles. The van der Waals surface area contributed by atoms with Crippen molar-refractivity contribution in [1.82, 2.24) is 0 Å². The summed E-state index contributed by atoms with van der Waals surface area (Å²) in [5, 5.41) is 13.9. The van der Waals surface area contributed by atoms with Crippen LogP contribution in [0.5, 0.6) is 0 Å². The smallest absolute Gasteiger partial charge is 0.238 e. The summed E-state index contributed by atoms with van der Waals surface area (Å²) in [4.78, 5) is 1.37. The molecule has 0 amide bonds. The number of hydrogen-bond donors (Lipinski definition) is 2. The van der Waals surface area contributed by atoms with Gasteiger partial charge in [0.25, 0.3) is 0 Å². The Kier molecular flexibility index (Phi) is 4.66. The first-order chi connectivity index (χ1) is 8.27. The monoisotopic (exact) mass is 276 g/mol. The fourth-order valence-electron chi connectivity index (χ4n) is 1.66. The molecule has 5 nitrogen and oxygen atoms in total. The van der Waals surface area contributed by atoms with Crippen LogP contribution in [0, 0.1) is 5.82 Å². The zero-order valence-electron chi connectivity index (χ0n) is 10.3. The number of nitrogens with zero attached hydrogens (tertiary/aromatic N) is 1. The molecule has 0 aliphatic carbocycles. The van der Waals surface area contributed by atoms with Crippen molar-refractivity contribution in [3.63, 3.8) is 0 Å². The molecule has 0 unspecified atom stereocenters. The van der Waals surface area contributed by atoms with E-state index >= 15 is 0 Å². The summed E-state index contributed by atoms with van der Waals surface area (Å²) in [5.74, 6) is -0.677. The van der Waals surface area contributed by atoms with Crippen molar-refractivity contribution >= 4 is 15.7 Å². The minimum atomic E-state index is -3.91. The maximum atomic E-state index is 13.9. The van der Waals surface area contributed by atoms with Crippen molar-refractivity contribution in [2.45, 2.75) is 24.8 Å². The summed E-state index contributed by atoms with van der Waals surface area (Å²) in [5.41, 5.74) is 0.242. The Bertz CT molecular complexity index is 517. The van der Waals surface area contributed by atoms with Gasteiger partial charge in [-0.15, -0.1) is 0 Å². The van der Waals surface area contributed by atoms with Crippen LogP contribution in [0.25, 0.3) is 0 Å². The van der Waals surface area contributed by atoms with Crippen LogP contribution in [0.4, 0.5) is 10.1 Å². The van der Waals surface area contributed by atoms with Crippen LogP contribution < -0.4 is 10.0 Å². The number of benzene rings is 1. The Morgan fingerprint density at radius 2 is 2.06 bits per heavy atom. The first-order valence-electron chi connectivity index (χ1n) is 5.47. The summed E-state index contributed by atoms with van der Waals surface area (Å²) in [7, 11) is -3.91. The Hall–Kier alpha value is -1.18. The van der Waals surface area contributed by atoms with Gasteiger partial charge in [0.15, 0.2) is 0 Å². The van der Waals surface area contributed by atoms with Gasteiger partial charge in [-0.25, -0.2) is 17.9 Å². The van der Waals surface area contributed by atoms with Gasteiger partial charge in [-0.3, -0.25) is 0 Å². The molecule has 1 aromatic carbocycles. The summed E-state index contributed by atoms with van der Waals surface area (Å²) in [6, 6.07) is 3.47. The van der Waals surface area contributed by atoms with Gasteiger partial charge < -0.3 is 10.0 Å². The highest BCUT2D eigenvalue weighted by atomic mass is 32.2. The van der Waals surface area contributed by atoms with Crippen LogP contribution in [0.1, 0.15) is 13.8 Å². The van der Waals surface area contributed by atoms with Gasteiger partial charge in [0.1, 0.15) is 5.82 Å². The zero-order chi connectivity index (χ0) is 13.9. The first-order valence-corrected chi connectivity index (χ1v) is 7.02. The third-order valence-corrected chi connectivity index (χ3v) is 3.43. The molecule has 7 heteroatoms. The molecule has 0 aliphatic rings. The van der Waals surface area contributed by atoms with Crippen LogP contribution in [-0.4, -0.2) is 32.7 Å². The van der Waals surface area contributed by atoms with Gasteiger partial charge in [-0.05, 0) is 32.0 Å². The molecule has 0 saturated heterocycles. The average molecular weight is 276 g/mol. The number of anilines is 1. The lowest BCUT2D eigenvalue weighted by atomic mass is 10.2. The van der Waals surface area contributed by atoms with E-state index in [1.165, 1.54) is 12.1 Å². The molecule has 1 rings (SSSR count). The van der Waals surface area contributed by atoms with Crippen LogP contribution in [-0.2, 0) is 10.0 Å². The molecule has 18 heavy (non-hydrogen) atoms. The van der Waals surface area contributed by atoms with Gasteiger partial charge in [0, 0.05) is 12.6 Å². The molecule has 0 saturated carbocycles. The van der Waals surface area contributed by atoms with E-state index in [9.17, 15) is 12.8 Å². The van der Waals surface area contributed by atoms with E-state index in [-0.39, 0.29) is 29.8 Å². The van der Waals surface area contributed by atoms with Crippen LogP contribution in [0.15, 0.2) is 23.1 Å². The van der Waals surface area contributed by atoms with Gasteiger partial charge >= 0.3 is 0 Å². The quantitative estimate of drug-likeness (QED) is 0.828. The molecule has 3 N–H and O–H groups in total. The van der Waals surface area contributed by atoms with Crippen molar-refractivity contribution in [3.05, 3.63) is 24.0 Å². The number of aliphatic hydroxyl groups is 1. The minimum Gasteiger partial charge on any atom is -0.395 e. The second-order valence-electron chi connectivity index (χ2n) is 4.17. The molecule has 0 bridgehead atoms. The molecule has 0 aromatic heterocycles. The van der Waals surface area contributed by atoms with Crippen molar-refractivity contribution in [2.24, 2.45) is 5.14 Å². The van der Waals surface area contributed by atoms with Crippen molar-refractivity contribution in [1.29, 1.82) is 0 Å². The summed E-state index contributed by atoms with van der Waals surface area (Å²) in [6.45, 7) is 3.85. The normalized spacial score (nSPS) is 11.9. The second kappa shape index (κ2) is 5.64. The topological polar surface area (TPSA) is 83.6 Å².